The van der Waals surface area contributed by atoms with E-state index in [0.29, 0.717) is 17.0 Å². The van der Waals surface area contributed by atoms with E-state index < -0.39 is 12.1 Å². The van der Waals surface area contributed by atoms with Gasteiger partial charge in [-0.15, -0.1) is 0 Å². The van der Waals surface area contributed by atoms with E-state index >= 15 is 0 Å². The molecule has 1 atom stereocenters. The van der Waals surface area contributed by atoms with Crippen molar-refractivity contribution < 1.29 is 18.7 Å². The van der Waals surface area contributed by atoms with Gasteiger partial charge in [0, 0.05) is 26.2 Å². The zero-order valence-electron chi connectivity index (χ0n) is 12.1. The lowest BCUT2D eigenvalue weighted by Gasteiger charge is -2.16. The number of benzene rings is 1. The molecule has 110 valence electrons. The Bertz CT molecular complexity index is 655. The van der Waals surface area contributed by atoms with Crippen LogP contribution in [0, 0.1) is 0 Å². The second-order valence-electron chi connectivity index (χ2n) is 4.66. The Labute approximate surface area is 122 Å². The highest BCUT2D eigenvalue weighted by Crippen LogP contribution is 2.15. The Morgan fingerprint density at radius 1 is 1.33 bits per heavy atom. The van der Waals surface area contributed by atoms with Crippen LogP contribution in [0.2, 0.25) is 0 Å². The summed E-state index contributed by atoms with van der Waals surface area (Å²) in [6.07, 6.45) is 1.76. The minimum absolute atomic E-state index is 0.279. The highest BCUT2D eigenvalue weighted by atomic mass is 16.5. The maximum absolute atomic E-state index is 11.6. The maximum atomic E-state index is 11.6. The summed E-state index contributed by atoms with van der Waals surface area (Å²) in [6, 6.07) is 7.28. The fraction of sp³-hybridized carbons (Fsp3) is 0.267. The second-order valence-corrected chi connectivity index (χ2v) is 4.66. The molecule has 6 heteroatoms. The molecule has 6 nitrogen and oxygen atoms in total. The third-order valence-corrected chi connectivity index (χ3v) is 2.75. The van der Waals surface area contributed by atoms with Crippen molar-refractivity contribution in [1.82, 2.24) is 9.88 Å². The number of amides is 1. The molecule has 0 saturated carbocycles. The van der Waals surface area contributed by atoms with Gasteiger partial charge < -0.3 is 14.1 Å². The Balaban J connectivity index is 2.00. The van der Waals surface area contributed by atoms with Gasteiger partial charge in [0.25, 0.3) is 5.91 Å². The lowest BCUT2D eigenvalue weighted by Crippen LogP contribution is -2.34. The van der Waals surface area contributed by atoms with Crippen molar-refractivity contribution in [3.63, 3.8) is 0 Å². The predicted octanol–water partition coefficient (Wildman–Crippen LogP) is 1.86. The second kappa shape index (κ2) is 6.21. The largest absolute Gasteiger partial charge is 0.449 e. The van der Waals surface area contributed by atoms with Crippen LogP contribution in [0.3, 0.4) is 0 Å². The highest BCUT2D eigenvalue weighted by Gasteiger charge is 2.18. The van der Waals surface area contributed by atoms with Crippen LogP contribution in [0.1, 0.15) is 12.8 Å². The Morgan fingerprint density at radius 3 is 2.71 bits per heavy atom. The molecule has 0 saturated heterocycles. The molecule has 1 amide bonds. The molecule has 0 aliphatic heterocycles. The summed E-state index contributed by atoms with van der Waals surface area (Å²) in [5.74, 6) is -0.599. The number of esters is 1. The topological polar surface area (TPSA) is 72.6 Å². The Morgan fingerprint density at radius 2 is 2.05 bits per heavy atom. The monoisotopic (exact) mass is 288 g/mol. The van der Waals surface area contributed by atoms with Gasteiger partial charge in [-0.1, -0.05) is 12.1 Å². The molecule has 21 heavy (non-hydrogen) atoms. The Hall–Kier alpha value is -2.63. The first-order chi connectivity index (χ1) is 9.97. The fourth-order valence-electron chi connectivity index (χ4n) is 1.73. The van der Waals surface area contributed by atoms with Crippen LogP contribution in [-0.2, 0) is 14.3 Å². The molecular weight excluding hydrogens is 272 g/mol. The number of oxazole rings is 1. The number of likely N-dealkylation sites (N-methyl/N-ethyl adjacent to an activating group) is 1. The summed E-state index contributed by atoms with van der Waals surface area (Å²) in [4.78, 5) is 28.7. The molecule has 0 unspecified atom stereocenters. The van der Waals surface area contributed by atoms with Crippen LogP contribution in [0.25, 0.3) is 17.2 Å². The number of fused-ring (bicyclic) bond motifs is 1. The molecule has 2 rings (SSSR count). The van der Waals surface area contributed by atoms with Gasteiger partial charge in [0.15, 0.2) is 11.7 Å². The molecule has 2 aromatic rings. The predicted molar refractivity (Wildman–Crippen MR) is 77.3 cm³/mol. The minimum atomic E-state index is -0.833. The van der Waals surface area contributed by atoms with Gasteiger partial charge in [-0.3, -0.25) is 4.79 Å². The van der Waals surface area contributed by atoms with Crippen molar-refractivity contribution in [3.05, 3.63) is 36.2 Å². The van der Waals surface area contributed by atoms with Gasteiger partial charge in [0.05, 0.1) is 0 Å². The van der Waals surface area contributed by atoms with Crippen molar-refractivity contribution in [2.24, 2.45) is 0 Å². The zero-order chi connectivity index (χ0) is 15.4. The van der Waals surface area contributed by atoms with Gasteiger partial charge in [-0.25, -0.2) is 9.78 Å². The van der Waals surface area contributed by atoms with Crippen molar-refractivity contribution in [2.75, 3.05) is 14.1 Å². The quantitative estimate of drug-likeness (QED) is 0.634. The standard InChI is InChI=1S/C15H16N2O4/c1-10(15(19)17(2)3)20-14(18)9-8-13-16-11-6-4-5-7-12(11)21-13/h4-10H,1-3H3/b9-8+/t10-/m0/s1. The first-order valence-electron chi connectivity index (χ1n) is 6.43. The van der Waals surface area contributed by atoms with Crippen molar-refractivity contribution >= 4 is 29.1 Å². The number of para-hydroxylation sites is 2. The summed E-state index contributed by atoms with van der Waals surface area (Å²) >= 11 is 0. The zero-order valence-corrected chi connectivity index (χ0v) is 12.1. The highest BCUT2D eigenvalue weighted by molar-refractivity contribution is 5.90. The third-order valence-electron chi connectivity index (χ3n) is 2.75. The maximum Gasteiger partial charge on any atom is 0.331 e. The third kappa shape index (κ3) is 3.68. The lowest BCUT2D eigenvalue weighted by molar-refractivity contribution is -0.153. The summed E-state index contributed by atoms with van der Waals surface area (Å²) in [7, 11) is 3.20. The van der Waals surface area contributed by atoms with Crippen LogP contribution < -0.4 is 0 Å². The van der Waals surface area contributed by atoms with E-state index in [9.17, 15) is 9.59 Å². The van der Waals surface area contributed by atoms with Gasteiger partial charge in [-0.05, 0) is 19.1 Å². The summed E-state index contributed by atoms with van der Waals surface area (Å²) in [5.41, 5.74) is 1.35. The average Bonchev–Trinajstić information content (AvgIpc) is 2.86. The van der Waals surface area contributed by atoms with E-state index in [2.05, 4.69) is 4.98 Å². The van der Waals surface area contributed by atoms with Crippen molar-refractivity contribution in [2.45, 2.75) is 13.0 Å². The van der Waals surface area contributed by atoms with E-state index in [1.165, 1.54) is 24.0 Å². The van der Waals surface area contributed by atoms with Gasteiger partial charge in [0.2, 0.25) is 5.89 Å². The molecule has 1 aromatic carbocycles. The minimum Gasteiger partial charge on any atom is -0.449 e. The summed E-state index contributed by atoms with van der Waals surface area (Å²) in [5, 5.41) is 0. The molecule has 1 aromatic heterocycles. The van der Waals surface area contributed by atoms with E-state index in [4.69, 9.17) is 9.15 Å². The molecule has 0 aliphatic carbocycles. The number of ether oxygens (including phenoxy) is 1. The smallest absolute Gasteiger partial charge is 0.331 e. The van der Waals surface area contributed by atoms with E-state index in [0.717, 1.165) is 0 Å². The molecule has 0 spiro atoms. The summed E-state index contributed by atoms with van der Waals surface area (Å²) < 4.78 is 10.4. The van der Waals surface area contributed by atoms with Crippen molar-refractivity contribution in [1.29, 1.82) is 0 Å². The SMILES string of the molecule is C[C@H](OC(=O)/C=C/c1nc2ccccc2o1)C(=O)N(C)C. The fourth-order valence-corrected chi connectivity index (χ4v) is 1.73. The van der Waals surface area contributed by atoms with Gasteiger partial charge >= 0.3 is 5.97 Å². The summed E-state index contributed by atoms with van der Waals surface area (Å²) in [6.45, 7) is 1.52. The molecule has 0 aliphatic rings. The Kier molecular flexibility index (Phi) is 4.37. The van der Waals surface area contributed by atoms with Crippen LogP contribution in [0.4, 0.5) is 0 Å². The molecule has 0 radical (unpaired) electrons. The average molecular weight is 288 g/mol. The molecular formula is C15H16N2O4. The normalized spacial score (nSPS) is 12.5. The number of nitrogens with zero attached hydrogens (tertiary/aromatic N) is 2. The number of aromatic nitrogens is 1. The van der Waals surface area contributed by atoms with Gasteiger partial charge in [0.1, 0.15) is 5.52 Å². The van der Waals surface area contributed by atoms with E-state index in [1.807, 2.05) is 18.2 Å². The molecule has 0 N–H and O–H groups in total. The van der Waals surface area contributed by atoms with Gasteiger partial charge in [-0.2, -0.15) is 0 Å². The number of carbonyl (C=O) groups excluding carboxylic acids is 2. The van der Waals surface area contributed by atoms with Crippen LogP contribution in [-0.4, -0.2) is 42.0 Å². The van der Waals surface area contributed by atoms with Crippen LogP contribution in [0.15, 0.2) is 34.8 Å². The number of carbonyl (C=O) groups is 2. The first-order valence-corrected chi connectivity index (χ1v) is 6.43. The number of rotatable bonds is 4. The molecule has 0 fully saturated rings. The number of hydrogen-bond donors (Lipinski definition) is 0. The van der Waals surface area contributed by atoms with E-state index in [-0.39, 0.29) is 5.91 Å². The molecule has 0 bridgehead atoms. The van der Waals surface area contributed by atoms with E-state index in [1.54, 1.807) is 20.2 Å². The van der Waals surface area contributed by atoms with Crippen molar-refractivity contribution in [3.8, 4) is 0 Å². The molecule has 1 heterocycles. The lowest BCUT2D eigenvalue weighted by atomic mass is 10.3. The number of hydrogen-bond acceptors (Lipinski definition) is 5. The first kappa shape index (κ1) is 14.8. The van der Waals surface area contributed by atoms with Crippen LogP contribution in [0.5, 0.6) is 0 Å². The van der Waals surface area contributed by atoms with Crippen LogP contribution >= 0.6 is 0 Å².